The molecule has 0 aliphatic rings. The molecular formula is C38H50Br2N4+2. The number of alkyl halides is 2. The second-order valence-corrected chi connectivity index (χ2v) is 14.1. The number of halogens is 2. The second kappa shape index (κ2) is 19.0. The highest BCUT2D eigenvalue weighted by Crippen LogP contribution is 2.21. The van der Waals surface area contributed by atoms with Gasteiger partial charge in [0, 0.05) is 61.6 Å². The average Bonchev–Trinajstić information content (AvgIpc) is 3.05. The summed E-state index contributed by atoms with van der Waals surface area (Å²) in [4.78, 5) is 0.713. The van der Waals surface area contributed by atoms with Crippen molar-refractivity contribution < 1.29 is 9.13 Å². The van der Waals surface area contributed by atoms with Crippen LogP contribution in [0.15, 0.2) is 97.6 Å². The van der Waals surface area contributed by atoms with Crippen LogP contribution in [0.4, 0.5) is 11.4 Å². The van der Waals surface area contributed by atoms with Crippen molar-refractivity contribution >= 4 is 43.2 Å². The Balaban J connectivity index is 0.991. The summed E-state index contributed by atoms with van der Waals surface area (Å²) < 4.78 is 4.54. The molecule has 0 saturated heterocycles. The maximum atomic E-state index is 3.89. The van der Waals surface area contributed by atoms with E-state index >= 15 is 0 Å². The molecule has 0 saturated carbocycles. The van der Waals surface area contributed by atoms with Crippen molar-refractivity contribution in [3.8, 4) is 0 Å². The maximum Gasteiger partial charge on any atom is 0.211 e. The number of rotatable bonds is 19. The molecule has 0 bridgehead atoms. The van der Waals surface area contributed by atoms with Crippen molar-refractivity contribution in [1.29, 1.82) is 0 Å². The fraction of sp³-hybridized carbons (Fsp3) is 0.421. The highest BCUT2D eigenvalue weighted by atomic mass is 79.9. The number of pyridine rings is 2. The topological polar surface area (TPSA) is 31.8 Å². The first-order chi connectivity index (χ1) is 21.5. The van der Waals surface area contributed by atoms with E-state index in [0.29, 0.717) is 9.90 Å². The number of hydrogen-bond donors (Lipinski definition) is 2. The fourth-order valence-electron chi connectivity index (χ4n) is 5.29. The van der Waals surface area contributed by atoms with Crippen LogP contribution in [0.1, 0.15) is 96.4 Å². The van der Waals surface area contributed by atoms with Crippen LogP contribution < -0.4 is 19.8 Å². The molecule has 0 fully saturated rings. The molecule has 4 rings (SSSR count). The smallest absolute Gasteiger partial charge is 0.211 e. The summed E-state index contributed by atoms with van der Waals surface area (Å²) in [7, 11) is 0. The van der Waals surface area contributed by atoms with Gasteiger partial charge in [-0.2, -0.15) is 9.13 Å². The van der Waals surface area contributed by atoms with Gasteiger partial charge in [-0.15, -0.1) is 0 Å². The molecule has 2 atom stereocenters. The Hall–Kier alpha value is -2.70. The van der Waals surface area contributed by atoms with E-state index < -0.39 is 0 Å². The molecule has 4 nitrogen and oxygen atoms in total. The van der Waals surface area contributed by atoms with Crippen molar-refractivity contribution in [2.45, 2.75) is 101 Å². The lowest BCUT2D eigenvalue weighted by atomic mass is 10.1. The number of aromatic nitrogens is 2. The van der Waals surface area contributed by atoms with E-state index in [2.05, 4.69) is 163 Å². The maximum absolute atomic E-state index is 3.89. The summed E-state index contributed by atoms with van der Waals surface area (Å²) in [6.45, 7) is 5.94. The summed E-state index contributed by atoms with van der Waals surface area (Å²) in [5.41, 5.74) is 7.52. The summed E-state index contributed by atoms with van der Waals surface area (Å²) >= 11 is 7.78. The van der Waals surface area contributed by atoms with Crippen LogP contribution in [0.25, 0.3) is 0 Å². The predicted octanol–water partition coefficient (Wildman–Crippen LogP) is 10.5. The van der Waals surface area contributed by atoms with E-state index in [1.54, 1.807) is 0 Å². The Bertz CT molecular complexity index is 1230. The van der Waals surface area contributed by atoms with E-state index in [-0.39, 0.29) is 0 Å². The van der Waals surface area contributed by atoms with Gasteiger partial charge in [-0.1, -0.05) is 98.2 Å². The molecule has 2 N–H and O–H groups in total. The number of nitrogens with one attached hydrogen (secondary N) is 2. The van der Waals surface area contributed by atoms with E-state index in [0.717, 1.165) is 37.3 Å². The number of unbranched alkanes of at least 4 members (excludes halogenated alkanes) is 7. The molecule has 0 radical (unpaired) electrons. The Kier molecular flexibility index (Phi) is 14.7. The van der Waals surface area contributed by atoms with Crippen LogP contribution >= 0.6 is 31.9 Å². The molecule has 4 aromatic rings. The molecule has 6 heteroatoms. The third-order valence-corrected chi connectivity index (χ3v) is 10.1. The molecule has 0 spiro atoms. The molecule has 234 valence electrons. The molecule has 2 aromatic carbocycles. The first kappa shape index (κ1) is 34.2. The van der Waals surface area contributed by atoms with E-state index in [1.807, 2.05) is 0 Å². The molecule has 2 heterocycles. The Morgan fingerprint density at radius 2 is 0.795 bits per heavy atom. The molecule has 2 aromatic heterocycles. The zero-order valence-electron chi connectivity index (χ0n) is 26.5. The average molecular weight is 723 g/mol. The van der Waals surface area contributed by atoms with Crippen LogP contribution in [-0.4, -0.2) is 0 Å². The van der Waals surface area contributed by atoms with Crippen LogP contribution in [0.5, 0.6) is 0 Å². The van der Waals surface area contributed by atoms with E-state index in [9.17, 15) is 0 Å². The number of hydrogen-bond acceptors (Lipinski definition) is 2. The Labute approximate surface area is 282 Å². The highest BCUT2D eigenvalue weighted by Gasteiger charge is 2.14. The second-order valence-electron chi connectivity index (χ2n) is 12.0. The van der Waals surface area contributed by atoms with Crippen LogP contribution in [-0.2, 0) is 13.1 Å². The minimum absolute atomic E-state index is 0.356. The minimum Gasteiger partial charge on any atom is -0.381 e. The van der Waals surface area contributed by atoms with Gasteiger partial charge in [0.05, 0.1) is 0 Å². The largest absolute Gasteiger partial charge is 0.381 e. The lowest BCUT2D eigenvalue weighted by molar-refractivity contribution is -0.698. The van der Waals surface area contributed by atoms with Gasteiger partial charge in [-0.25, -0.2) is 0 Å². The van der Waals surface area contributed by atoms with Gasteiger partial charge in [-0.05, 0) is 69.7 Å². The van der Waals surface area contributed by atoms with E-state index in [4.69, 9.17) is 0 Å². The van der Waals surface area contributed by atoms with Gasteiger partial charge in [0.1, 0.15) is 0 Å². The zero-order valence-corrected chi connectivity index (χ0v) is 29.7. The molecule has 0 amide bonds. The standard InChI is InChI=1S/C38H48Br2N4/c1-31-13-17-33(18-14-31)29-41-35-21-25-43(26-22-35)37(39)11-9-7-5-3-4-6-8-10-12-38(40)44-27-23-36(24-28-44)42-30-34-19-15-32(2)16-20-34/h13-28,37-38H,3-12,29-30H2,1-2H3/p+2. The first-order valence-corrected chi connectivity index (χ1v) is 18.2. The highest BCUT2D eigenvalue weighted by molar-refractivity contribution is 9.09. The number of nitrogens with zero attached hydrogens (tertiary/aromatic N) is 2. The molecule has 44 heavy (non-hydrogen) atoms. The van der Waals surface area contributed by atoms with Crippen molar-refractivity contribution in [2.24, 2.45) is 0 Å². The van der Waals surface area contributed by atoms with Gasteiger partial charge >= 0.3 is 0 Å². The van der Waals surface area contributed by atoms with Crippen LogP contribution in [0.3, 0.4) is 0 Å². The van der Waals surface area contributed by atoms with Crippen molar-refractivity contribution in [1.82, 2.24) is 0 Å². The monoisotopic (exact) mass is 720 g/mol. The number of benzene rings is 2. The predicted molar refractivity (Wildman–Crippen MR) is 192 cm³/mol. The molecular weight excluding hydrogens is 672 g/mol. The third kappa shape index (κ3) is 12.4. The van der Waals surface area contributed by atoms with Crippen molar-refractivity contribution in [2.75, 3.05) is 10.6 Å². The Morgan fingerprint density at radius 3 is 1.14 bits per heavy atom. The lowest BCUT2D eigenvalue weighted by Crippen LogP contribution is -2.35. The van der Waals surface area contributed by atoms with Gasteiger partial charge < -0.3 is 10.6 Å². The third-order valence-electron chi connectivity index (χ3n) is 8.22. The first-order valence-electron chi connectivity index (χ1n) is 16.3. The summed E-state index contributed by atoms with van der Waals surface area (Å²) in [5.74, 6) is 0. The van der Waals surface area contributed by atoms with Crippen molar-refractivity contribution in [3.63, 3.8) is 0 Å². The molecule has 0 aliphatic carbocycles. The minimum atomic E-state index is 0.356. The van der Waals surface area contributed by atoms with Crippen molar-refractivity contribution in [3.05, 3.63) is 120 Å². The van der Waals surface area contributed by atoms with Gasteiger partial charge in [0.15, 0.2) is 24.8 Å². The van der Waals surface area contributed by atoms with Gasteiger partial charge in [0.25, 0.3) is 0 Å². The van der Waals surface area contributed by atoms with Gasteiger partial charge in [0.2, 0.25) is 9.90 Å². The number of aryl methyl sites for hydroxylation is 2. The summed E-state index contributed by atoms with van der Waals surface area (Å²) in [6, 6.07) is 26.1. The SMILES string of the molecule is Cc1ccc(CNc2cc[n+](C(Br)CCCCCCCCCCC(Br)[n+]3ccc(NCc4ccc(C)cc4)cc3)cc2)cc1. The van der Waals surface area contributed by atoms with E-state index in [1.165, 1.54) is 73.6 Å². The van der Waals surface area contributed by atoms with Crippen LogP contribution in [0.2, 0.25) is 0 Å². The summed E-state index contributed by atoms with van der Waals surface area (Å²) in [5, 5.41) is 7.04. The fourth-order valence-corrected chi connectivity index (χ4v) is 6.48. The Morgan fingerprint density at radius 1 is 0.477 bits per heavy atom. The summed E-state index contributed by atoms with van der Waals surface area (Å²) in [6.07, 6.45) is 21.6. The number of anilines is 2. The quantitative estimate of drug-likeness (QED) is 0.0574. The van der Waals surface area contributed by atoms with Gasteiger partial charge in [-0.3, -0.25) is 0 Å². The zero-order chi connectivity index (χ0) is 31.0. The lowest BCUT2D eigenvalue weighted by Gasteiger charge is -2.09. The molecule has 2 unspecified atom stereocenters. The molecule has 0 aliphatic heterocycles. The normalized spacial score (nSPS) is 12.5. The van der Waals surface area contributed by atoms with Crippen LogP contribution in [0, 0.1) is 13.8 Å².